The predicted octanol–water partition coefficient (Wildman–Crippen LogP) is 0.744. The topological polar surface area (TPSA) is 85.9 Å². The molecule has 0 fully saturated rings. The summed E-state index contributed by atoms with van der Waals surface area (Å²) in [4.78, 5) is 26.6. The summed E-state index contributed by atoms with van der Waals surface area (Å²) in [6, 6.07) is 7.09. The van der Waals surface area contributed by atoms with Gasteiger partial charge >= 0.3 is 5.69 Å². The lowest BCUT2D eigenvalue weighted by atomic mass is 10.1. The van der Waals surface area contributed by atoms with E-state index in [9.17, 15) is 14.7 Å². The summed E-state index contributed by atoms with van der Waals surface area (Å²) < 4.78 is 0. The molecule has 0 aliphatic rings. The van der Waals surface area contributed by atoms with Crippen molar-refractivity contribution in [3.63, 3.8) is 0 Å². The highest BCUT2D eigenvalue weighted by molar-refractivity contribution is 5.67. The molecular weight excluding hydrogens is 208 g/mol. The van der Waals surface area contributed by atoms with Gasteiger partial charge in [0.05, 0.1) is 0 Å². The number of hydrogen-bond acceptors (Lipinski definition) is 3. The molecule has 1 aromatic carbocycles. The number of aromatic hydroxyl groups is 1. The van der Waals surface area contributed by atoms with Crippen molar-refractivity contribution in [2.24, 2.45) is 0 Å². The van der Waals surface area contributed by atoms with Gasteiger partial charge in [-0.05, 0) is 12.5 Å². The molecule has 0 atom stereocenters. The van der Waals surface area contributed by atoms with Gasteiger partial charge in [0.1, 0.15) is 5.56 Å². The highest BCUT2D eigenvalue weighted by Crippen LogP contribution is 2.22. The number of hydrogen-bond donors (Lipinski definition) is 3. The van der Waals surface area contributed by atoms with Gasteiger partial charge in [-0.15, -0.1) is 0 Å². The molecule has 3 N–H and O–H groups in total. The molecule has 0 spiro atoms. The number of rotatable bonds is 1. The molecule has 0 radical (unpaired) electrons. The summed E-state index contributed by atoms with van der Waals surface area (Å²) in [7, 11) is 0. The molecule has 0 saturated heterocycles. The average Bonchev–Trinajstić information content (AvgIpc) is 2.15. The van der Waals surface area contributed by atoms with Gasteiger partial charge in [0.25, 0.3) is 5.56 Å². The van der Waals surface area contributed by atoms with Crippen molar-refractivity contribution in [1.82, 2.24) is 9.97 Å². The molecular formula is C11H10N2O3. The number of aryl methyl sites for hydroxylation is 1. The van der Waals surface area contributed by atoms with Gasteiger partial charge in [0.15, 0.2) is 0 Å². The molecule has 5 nitrogen and oxygen atoms in total. The van der Waals surface area contributed by atoms with Crippen molar-refractivity contribution in [2.45, 2.75) is 6.92 Å². The lowest BCUT2D eigenvalue weighted by Gasteiger charge is -2.03. The van der Waals surface area contributed by atoms with Crippen LogP contribution in [0.3, 0.4) is 0 Å². The van der Waals surface area contributed by atoms with E-state index in [4.69, 9.17) is 0 Å². The molecule has 0 aliphatic carbocycles. The largest absolute Gasteiger partial charge is 0.494 e. The zero-order valence-electron chi connectivity index (χ0n) is 8.57. The van der Waals surface area contributed by atoms with Crippen LogP contribution in [0.5, 0.6) is 5.88 Å². The molecule has 1 aromatic heterocycles. The monoisotopic (exact) mass is 218 g/mol. The molecule has 0 saturated carbocycles. The second-order valence-corrected chi connectivity index (χ2v) is 3.50. The van der Waals surface area contributed by atoms with E-state index in [2.05, 4.69) is 9.97 Å². The summed E-state index contributed by atoms with van der Waals surface area (Å²) in [6.45, 7) is 1.88. The average molecular weight is 218 g/mol. The van der Waals surface area contributed by atoms with E-state index in [0.717, 1.165) is 5.56 Å². The Labute approximate surface area is 90.4 Å². The first kappa shape index (κ1) is 10.2. The molecule has 0 bridgehead atoms. The first-order valence-electron chi connectivity index (χ1n) is 4.70. The molecule has 2 aromatic rings. The fraction of sp³-hybridized carbons (Fsp3) is 0.0909. The second kappa shape index (κ2) is 3.69. The Morgan fingerprint density at radius 2 is 1.94 bits per heavy atom. The van der Waals surface area contributed by atoms with E-state index in [1.807, 2.05) is 13.0 Å². The van der Waals surface area contributed by atoms with Crippen LogP contribution >= 0.6 is 0 Å². The Morgan fingerprint density at radius 3 is 2.56 bits per heavy atom. The zero-order valence-corrected chi connectivity index (χ0v) is 8.57. The van der Waals surface area contributed by atoms with E-state index in [-0.39, 0.29) is 5.56 Å². The fourth-order valence-corrected chi connectivity index (χ4v) is 1.54. The van der Waals surface area contributed by atoms with Crippen molar-refractivity contribution in [2.75, 3.05) is 0 Å². The van der Waals surface area contributed by atoms with Crippen LogP contribution in [0.2, 0.25) is 0 Å². The van der Waals surface area contributed by atoms with Gasteiger partial charge in [0, 0.05) is 0 Å². The van der Waals surface area contributed by atoms with Gasteiger partial charge < -0.3 is 5.11 Å². The smallest absolute Gasteiger partial charge is 0.328 e. The first-order valence-corrected chi connectivity index (χ1v) is 4.70. The third-order valence-electron chi connectivity index (χ3n) is 2.23. The molecule has 0 aliphatic heterocycles. The standard InChI is InChI=1S/C11H10N2O3/c1-6-3-2-4-7(5-6)8-9(14)12-11(16)13-10(8)15/h2-5H,1H3,(H3,12,13,14,15,16). The SMILES string of the molecule is Cc1cccc(-c2c(O)[nH]c(=O)[nH]c2=O)c1. The molecule has 0 amide bonds. The maximum Gasteiger partial charge on any atom is 0.328 e. The lowest BCUT2D eigenvalue weighted by molar-refractivity contribution is 0.451. The Balaban J connectivity index is 2.74. The van der Waals surface area contributed by atoms with Crippen LogP contribution in [0.1, 0.15) is 5.56 Å². The Morgan fingerprint density at radius 1 is 1.19 bits per heavy atom. The van der Waals surface area contributed by atoms with Gasteiger partial charge in [0.2, 0.25) is 5.88 Å². The first-order chi connectivity index (χ1) is 7.58. The van der Waals surface area contributed by atoms with Crippen LogP contribution in [0.25, 0.3) is 11.1 Å². The van der Waals surface area contributed by atoms with Crippen LogP contribution in [0, 0.1) is 6.92 Å². The zero-order chi connectivity index (χ0) is 11.7. The Kier molecular flexibility index (Phi) is 2.36. The van der Waals surface area contributed by atoms with Crippen LogP contribution in [-0.4, -0.2) is 15.1 Å². The summed E-state index contributed by atoms with van der Waals surface area (Å²) in [6.07, 6.45) is 0. The van der Waals surface area contributed by atoms with E-state index in [0.29, 0.717) is 5.56 Å². The molecule has 2 rings (SSSR count). The van der Waals surface area contributed by atoms with Crippen molar-refractivity contribution in [3.05, 3.63) is 50.7 Å². The highest BCUT2D eigenvalue weighted by Gasteiger charge is 2.10. The van der Waals surface area contributed by atoms with Gasteiger partial charge in [-0.1, -0.05) is 29.8 Å². The molecule has 82 valence electrons. The van der Waals surface area contributed by atoms with E-state index >= 15 is 0 Å². The minimum atomic E-state index is -0.723. The molecule has 1 heterocycles. The summed E-state index contributed by atoms with van der Waals surface area (Å²) in [5, 5.41) is 9.54. The van der Waals surface area contributed by atoms with Crippen LogP contribution in [0.15, 0.2) is 33.9 Å². The molecule has 16 heavy (non-hydrogen) atoms. The summed E-state index contributed by atoms with van der Waals surface area (Å²) in [5.74, 6) is -0.417. The van der Waals surface area contributed by atoms with Crippen LogP contribution < -0.4 is 11.2 Å². The van der Waals surface area contributed by atoms with Crippen molar-refractivity contribution in [1.29, 1.82) is 0 Å². The predicted molar refractivity (Wildman–Crippen MR) is 59.5 cm³/mol. The fourth-order valence-electron chi connectivity index (χ4n) is 1.54. The maximum atomic E-state index is 11.5. The number of H-pyrrole nitrogens is 2. The normalized spacial score (nSPS) is 10.3. The quantitative estimate of drug-likeness (QED) is 0.660. The summed E-state index contributed by atoms with van der Waals surface area (Å²) in [5.41, 5.74) is 0.270. The third kappa shape index (κ3) is 1.75. The van der Waals surface area contributed by atoms with Gasteiger partial charge in [-0.25, -0.2) is 4.79 Å². The highest BCUT2D eigenvalue weighted by atomic mass is 16.3. The minimum Gasteiger partial charge on any atom is -0.494 e. The Hall–Kier alpha value is -2.30. The maximum absolute atomic E-state index is 11.5. The number of aromatic amines is 2. The minimum absolute atomic E-state index is 0.0725. The van der Waals surface area contributed by atoms with E-state index in [1.54, 1.807) is 18.2 Å². The van der Waals surface area contributed by atoms with Crippen molar-refractivity contribution < 1.29 is 5.11 Å². The lowest BCUT2D eigenvalue weighted by Crippen LogP contribution is -2.23. The van der Waals surface area contributed by atoms with E-state index in [1.165, 1.54) is 0 Å². The van der Waals surface area contributed by atoms with Crippen molar-refractivity contribution in [3.8, 4) is 17.0 Å². The van der Waals surface area contributed by atoms with Gasteiger partial charge in [-0.2, -0.15) is 0 Å². The third-order valence-corrected chi connectivity index (χ3v) is 2.23. The second-order valence-electron chi connectivity index (χ2n) is 3.50. The van der Waals surface area contributed by atoms with Crippen LogP contribution in [0.4, 0.5) is 0 Å². The number of nitrogens with one attached hydrogen (secondary N) is 2. The molecule has 0 unspecified atom stereocenters. The molecule has 5 heteroatoms. The van der Waals surface area contributed by atoms with Crippen molar-refractivity contribution >= 4 is 0 Å². The number of aromatic nitrogens is 2. The number of benzene rings is 1. The Bertz CT molecular complexity index is 640. The summed E-state index contributed by atoms with van der Waals surface area (Å²) >= 11 is 0. The van der Waals surface area contributed by atoms with Crippen LogP contribution in [-0.2, 0) is 0 Å². The van der Waals surface area contributed by atoms with Gasteiger partial charge in [-0.3, -0.25) is 14.8 Å². The van der Waals surface area contributed by atoms with E-state index < -0.39 is 17.1 Å².